The number of phosphoric acid groups is 1. The summed E-state index contributed by atoms with van der Waals surface area (Å²) in [7, 11) is 1.17. The Labute approximate surface area is 583 Å². The first-order valence-corrected chi connectivity index (χ1v) is 41.4. The van der Waals surface area contributed by atoms with Crippen LogP contribution in [0.25, 0.3) is 0 Å². The lowest BCUT2D eigenvalue weighted by molar-refractivity contribution is -0.870. The number of quaternary nitrogens is 1. The number of hydrogen-bond donors (Lipinski definition) is 0. The molecule has 0 rings (SSSR count). The van der Waals surface area contributed by atoms with Crippen molar-refractivity contribution < 1.29 is 42.1 Å². The third-order valence-corrected chi connectivity index (χ3v) is 18.6. The number of phosphoric ester groups is 1. The highest BCUT2D eigenvalue weighted by molar-refractivity contribution is 7.45. The van der Waals surface area contributed by atoms with Gasteiger partial charge in [-0.3, -0.25) is 14.2 Å². The van der Waals surface area contributed by atoms with Crippen LogP contribution in [-0.4, -0.2) is 70.0 Å². The van der Waals surface area contributed by atoms with Crippen LogP contribution in [0.15, 0.2) is 97.2 Å². The van der Waals surface area contributed by atoms with Gasteiger partial charge in [-0.25, -0.2) is 0 Å². The van der Waals surface area contributed by atoms with E-state index in [-0.39, 0.29) is 32.0 Å². The van der Waals surface area contributed by atoms with Crippen LogP contribution in [0.2, 0.25) is 0 Å². The summed E-state index contributed by atoms with van der Waals surface area (Å²) in [4.78, 5) is 38.2. The number of hydrogen-bond acceptors (Lipinski definition) is 8. The molecule has 0 fully saturated rings. The maximum absolute atomic E-state index is 12.9. The van der Waals surface area contributed by atoms with Gasteiger partial charge in [0, 0.05) is 12.8 Å². The van der Waals surface area contributed by atoms with Crippen molar-refractivity contribution in [2.45, 2.75) is 380 Å². The molecule has 0 aliphatic carbocycles. The van der Waals surface area contributed by atoms with Crippen LogP contribution >= 0.6 is 7.82 Å². The smallest absolute Gasteiger partial charge is 0.306 e. The average molecular weight is 1340 g/mol. The van der Waals surface area contributed by atoms with E-state index in [1.54, 1.807) is 0 Å². The van der Waals surface area contributed by atoms with Gasteiger partial charge in [0.2, 0.25) is 0 Å². The Kier molecular flexibility index (Phi) is 71.7. The molecule has 94 heavy (non-hydrogen) atoms. The zero-order chi connectivity index (χ0) is 68.3. The standard InChI is InChI=1S/C84H152NO8P/c1-6-8-10-12-14-16-18-20-22-24-26-28-30-32-34-36-38-40-41-42-43-45-46-48-50-52-54-56-58-60-62-64-66-68-70-72-74-76-83(86)90-80-82(81-92-94(88,89)91-79-78-85(3,4)5)93-84(87)77-75-73-71-69-67-65-63-61-59-57-55-53-51-49-47-44-39-37-35-33-31-29-27-25-23-21-19-17-15-13-11-9-7-2/h9,11,15,17,21,23-24,26-27,29,33,35,39,44,49,51,82H,6-8,10,12-14,16,18-20,22,25,28,30-32,34,36-38,40-43,45-48,50,52-81H2,1-5H3/b11-9-,17-15-,23-21-,26-24-,29-27-,35-33-,44-39-,51-49-. The van der Waals surface area contributed by atoms with Crippen LogP contribution in [-0.2, 0) is 32.7 Å². The van der Waals surface area contributed by atoms with Crippen LogP contribution in [0.1, 0.15) is 373 Å². The fourth-order valence-electron chi connectivity index (χ4n) is 11.5. The Morgan fingerprint density at radius 1 is 0.340 bits per heavy atom. The second-order valence-corrected chi connectivity index (χ2v) is 29.5. The van der Waals surface area contributed by atoms with Gasteiger partial charge in [0.05, 0.1) is 27.7 Å². The number of unbranched alkanes of at least 4 members (excludes halogenated alkanes) is 44. The second-order valence-electron chi connectivity index (χ2n) is 28.0. The van der Waals surface area contributed by atoms with Crippen molar-refractivity contribution in [2.24, 2.45) is 0 Å². The highest BCUT2D eigenvalue weighted by atomic mass is 31.2. The fraction of sp³-hybridized carbons (Fsp3) is 0.786. The molecule has 2 atom stereocenters. The molecule has 0 aromatic carbocycles. The first kappa shape index (κ1) is 90.9. The summed E-state index contributed by atoms with van der Waals surface area (Å²) in [6.07, 6.45) is 104. The Bertz CT molecular complexity index is 1910. The van der Waals surface area contributed by atoms with Crippen LogP contribution in [0.3, 0.4) is 0 Å². The van der Waals surface area contributed by atoms with Crippen LogP contribution in [0, 0.1) is 0 Å². The minimum Gasteiger partial charge on any atom is -0.756 e. The lowest BCUT2D eigenvalue weighted by Gasteiger charge is -2.28. The molecule has 0 radical (unpaired) electrons. The Morgan fingerprint density at radius 2 is 0.606 bits per heavy atom. The molecule has 10 heteroatoms. The quantitative estimate of drug-likeness (QED) is 0.0195. The van der Waals surface area contributed by atoms with Gasteiger partial charge in [-0.05, 0) is 96.3 Å². The number of nitrogens with zero attached hydrogens (tertiary/aromatic N) is 1. The summed E-state index contributed by atoms with van der Waals surface area (Å²) in [6.45, 7) is 4.17. The Hall–Kier alpha value is -3.07. The SMILES string of the molecule is CC/C=C\C/C=C\C/C=C\C/C=C\C/C=C\C/C=C\C/C=C\CCCCCCCCCCCCCC(=O)OC(COC(=O)CCCCCCCCCCCCCCCCCCCCCCCCCCC/C=C\CCCCCCCCCC)COP(=O)([O-])OCC[N+](C)(C)C. The van der Waals surface area contributed by atoms with Gasteiger partial charge in [-0.2, -0.15) is 0 Å². The van der Waals surface area contributed by atoms with Crippen molar-refractivity contribution in [3.63, 3.8) is 0 Å². The molecule has 0 aromatic heterocycles. The largest absolute Gasteiger partial charge is 0.756 e. The molecule has 0 heterocycles. The van der Waals surface area contributed by atoms with Crippen molar-refractivity contribution in [2.75, 3.05) is 47.5 Å². The highest BCUT2D eigenvalue weighted by Gasteiger charge is 2.22. The van der Waals surface area contributed by atoms with E-state index in [9.17, 15) is 19.0 Å². The van der Waals surface area contributed by atoms with Crippen LogP contribution in [0.5, 0.6) is 0 Å². The molecule has 0 saturated heterocycles. The summed E-state index contributed by atoms with van der Waals surface area (Å²) < 4.78 is 34.4. The van der Waals surface area contributed by atoms with E-state index in [1.165, 1.54) is 250 Å². The van der Waals surface area contributed by atoms with Crippen molar-refractivity contribution in [1.29, 1.82) is 0 Å². The zero-order valence-electron chi connectivity index (χ0n) is 62.4. The molecule has 0 saturated carbocycles. The topological polar surface area (TPSA) is 111 Å². The minimum absolute atomic E-state index is 0.0332. The van der Waals surface area contributed by atoms with Gasteiger partial charge in [0.15, 0.2) is 6.10 Å². The molecule has 0 aliphatic heterocycles. The predicted octanol–water partition coefficient (Wildman–Crippen LogP) is 26.0. The number of likely N-dealkylation sites (N-methyl/N-ethyl adjacent to an activating group) is 1. The Balaban J connectivity index is 3.96. The summed E-state index contributed by atoms with van der Waals surface area (Å²) in [5, 5.41) is 0. The monoisotopic (exact) mass is 1330 g/mol. The van der Waals surface area contributed by atoms with E-state index in [1.807, 2.05) is 21.1 Å². The minimum atomic E-state index is -4.65. The predicted molar refractivity (Wildman–Crippen MR) is 406 cm³/mol. The second kappa shape index (κ2) is 74.2. The summed E-state index contributed by atoms with van der Waals surface area (Å²) in [5.74, 6) is -0.824. The molecular formula is C84H152NO8P. The molecule has 0 aliphatic rings. The first-order chi connectivity index (χ1) is 46.0. The lowest BCUT2D eigenvalue weighted by atomic mass is 10.0. The highest BCUT2D eigenvalue weighted by Crippen LogP contribution is 2.38. The number of esters is 2. The molecule has 0 aromatic rings. The van der Waals surface area contributed by atoms with Crippen LogP contribution in [0.4, 0.5) is 0 Å². The van der Waals surface area contributed by atoms with Gasteiger partial charge >= 0.3 is 11.9 Å². The molecule has 0 spiro atoms. The van der Waals surface area contributed by atoms with Gasteiger partial charge in [-0.1, -0.05) is 361 Å². The Morgan fingerprint density at radius 3 is 0.915 bits per heavy atom. The maximum atomic E-state index is 12.9. The molecule has 0 bridgehead atoms. The van der Waals surface area contributed by atoms with Crippen molar-refractivity contribution in [3.8, 4) is 0 Å². The van der Waals surface area contributed by atoms with Crippen molar-refractivity contribution in [3.05, 3.63) is 97.2 Å². The normalized spacial score (nSPS) is 13.6. The van der Waals surface area contributed by atoms with E-state index in [0.29, 0.717) is 17.4 Å². The van der Waals surface area contributed by atoms with Crippen LogP contribution < -0.4 is 4.89 Å². The van der Waals surface area contributed by atoms with Gasteiger partial charge in [0.25, 0.3) is 7.82 Å². The molecular weight excluding hydrogens is 1180 g/mol. The van der Waals surface area contributed by atoms with E-state index in [4.69, 9.17) is 18.5 Å². The van der Waals surface area contributed by atoms with E-state index in [2.05, 4.69) is 111 Å². The molecule has 0 amide bonds. The summed E-state index contributed by atoms with van der Waals surface area (Å²) >= 11 is 0. The van der Waals surface area contributed by atoms with Gasteiger partial charge in [-0.15, -0.1) is 0 Å². The van der Waals surface area contributed by atoms with Gasteiger partial charge in [0.1, 0.15) is 19.8 Å². The fourth-order valence-corrected chi connectivity index (χ4v) is 12.2. The lowest BCUT2D eigenvalue weighted by Crippen LogP contribution is -2.37. The average Bonchev–Trinajstić information content (AvgIpc) is 1.56. The molecule has 0 N–H and O–H groups in total. The number of carbonyl (C=O) groups is 2. The van der Waals surface area contributed by atoms with Gasteiger partial charge < -0.3 is 27.9 Å². The maximum Gasteiger partial charge on any atom is 0.306 e. The zero-order valence-corrected chi connectivity index (χ0v) is 63.3. The van der Waals surface area contributed by atoms with E-state index >= 15 is 0 Å². The van der Waals surface area contributed by atoms with Crippen molar-refractivity contribution in [1.82, 2.24) is 0 Å². The third kappa shape index (κ3) is 77.9. The number of ether oxygens (including phenoxy) is 2. The number of allylic oxidation sites excluding steroid dienone is 16. The third-order valence-electron chi connectivity index (χ3n) is 17.6. The molecule has 546 valence electrons. The van der Waals surface area contributed by atoms with E-state index in [0.717, 1.165) is 89.9 Å². The molecule has 9 nitrogen and oxygen atoms in total. The number of carbonyl (C=O) groups excluding carboxylic acids is 2. The van der Waals surface area contributed by atoms with E-state index < -0.39 is 26.5 Å². The first-order valence-electron chi connectivity index (χ1n) is 39.9. The van der Waals surface area contributed by atoms with Crippen molar-refractivity contribution >= 4 is 19.8 Å². The number of rotatable bonds is 74. The summed E-state index contributed by atoms with van der Waals surface area (Å²) in [5.41, 5.74) is 0. The summed E-state index contributed by atoms with van der Waals surface area (Å²) in [6, 6.07) is 0. The molecule has 2 unspecified atom stereocenters.